The van der Waals surface area contributed by atoms with E-state index < -0.39 is 8.56 Å². The van der Waals surface area contributed by atoms with Crippen LogP contribution in [-0.2, 0) is 0 Å². The van der Waals surface area contributed by atoms with Crippen molar-refractivity contribution in [3.8, 4) is 17.2 Å². The van der Waals surface area contributed by atoms with Crippen molar-refractivity contribution in [3.05, 3.63) is 84.9 Å². The molecule has 0 aromatic heterocycles. The lowest BCUT2D eigenvalue weighted by Crippen LogP contribution is -2.59. The van der Waals surface area contributed by atoms with E-state index in [1.165, 1.54) is 0 Å². The second-order valence-corrected chi connectivity index (χ2v) is 8.80. The first-order valence-electron chi connectivity index (χ1n) is 8.50. The van der Waals surface area contributed by atoms with Gasteiger partial charge in [0.25, 0.3) is 0 Å². The number of para-hydroxylation sites is 3. The zero-order valence-corrected chi connectivity index (χ0v) is 15.3. The van der Waals surface area contributed by atoms with Crippen LogP contribution in [0.3, 0.4) is 0 Å². The first kappa shape index (κ1) is 17.1. The summed E-state index contributed by atoms with van der Waals surface area (Å²) in [6, 6.07) is 27.4. The van der Waals surface area contributed by atoms with Crippen LogP contribution in [0.4, 0.5) is 0 Å². The molecule has 0 spiro atoms. The van der Waals surface area contributed by atoms with E-state index in [4.69, 9.17) is 8.85 Å². The molecule has 25 heavy (non-hydrogen) atoms. The number of rotatable bonds is 7. The lowest BCUT2D eigenvalue weighted by Gasteiger charge is -2.32. The standard InChI is InChI=1S/C21H22O3Si/c1-2-17-25(21-16-10-9-15-20(21)22,23-18-11-5-3-6-12-18)24-19-13-7-4-8-14-19/h3-16,22H,2,17H2,1H3. The molecule has 0 atom stereocenters. The van der Waals surface area contributed by atoms with Crippen LogP contribution in [0.25, 0.3) is 0 Å². The first-order valence-corrected chi connectivity index (χ1v) is 10.5. The minimum Gasteiger partial charge on any atom is -0.509 e. The normalized spacial score (nSPS) is 11.1. The fourth-order valence-corrected chi connectivity index (χ4v) is 6.10. The molecular weight excluding hydrogens is 328 g/mol. The Labute approximate surface area is 149 Å². The minimum atomic E-state index is -2.95. The number of aromatic hydroxyl groups is 1. The monoisotopic (exact) mass is 350 g/mol. The highest BCUT2D eigenvalue weighted by Gasteiger charge is 2.46. The molecule has 0 aliphatic rings. The third-order valence-corrected chi connectivity index (χ3v) is 7.48. The number of phenols is 1. The molecule has 0 unspecified atom stereocenters. The van der Waals surface area contributed by atoms with Crippen molar-refractivity contribution in [3.63, 3.8) is 0 Å². The zero-order chi connectivity index (χ0) is 17.5. The third-order valence-electron chi connectivity index (χ3n) is 3.95. The van der Waals surface area contributed by atoms with E-state index in [9.17, 15) is 5.11 Å². The molecule has 0 aliphatic heterocycles. The molecular formula is C21H22O3Si. The summed E-state index contributed by atoms with van der Waals surface area (Å²) in [7, 11) is -2.95. The second kappa shape index (κ2) is 7.90. The summed E-state index contributed by atoms with van der Waals surface area (Å²) in [6.45, 7) is 2.10. The molecule has 1 N–H and O–H groups in total. The molecule has 3 nitrogen and oxygen atoms in total. The van der Waals surface area contributed by atoms with Gasteiger partial charge in [0.05, 0.1) is 5.19 Å². The maximum absolute atomic E-state index is 10.5. The number of phenolic OH excluding ortho intramolecular Hbond substituents is 1. The lowest BCUT2D eigenvalue weighted by atomic mass is 10.3. The second-order valence-electron chi connectivity index (χ2n) is 5.85. The van der Waals surface area contributed by atoms with Gasteiger partial charge in [-0.3, -0.25) is 0 Å². The van der Waals surface area contributed by atoms with Crippen LogP contribution < -0.4 is 14.0 Å². The predicted molar refractivity (Wildman–Crippen MR) is 103 cm³/mol. The van der Waals surface area contributed by atoms with Gasteiger partial charge in [0, 0.05) is 6.04 Å². The highest BCUT2D eigenvalue weighted by Crippen LogP contribution is 2.26. The van der Waals surface area contributed by atoms with Crippen molar-refractivity contribution in [1.29, 1.82) is 0 Å². The van der Waals surface area contributed by atoms with Crippen molar-refractivity contribution in [1.82, 2.24) is 0 Å². The molecule has 3 aromatic carbocycles. The molecule has 0 radical (unpaired) electrons. The first-order chi connectivity index (χ1) is 12.2. The highest BCUT2D eigenvalue weighted by molar-refractivity contribution is 6.83. The summed E-state index contributed by atoms with van der Waals surface area (Å²) in [5.41, 5.74) is 0. The largest absolute Gasteiger partial charge is 0.509 e. The van der Waals surface area contributed by atoms with Gasteiger partial charge in [0.1, 0.15) is 17.2 Å². The summed E-state index contributed by atoms with van der Waals surface area (Å²) in [4.78, 5) is 0. The summed E-state index contributed by atoms with van der Waals surface area (Å²) < 4.78 is 12.9. The highest BCUT2D eigenvalue weighted by atomic mass is 28.4. The number of hydrogen-bond acceptors (Lipinski definition) is 3. The Morgan fingerprint density at radius 3 is 1.68 bits per heavy atom. The molecule has 0 heterocycles. The van der Waals surface area contributed by atoms with Crippen LogP contribution >= 0.6 is 0 Å². The fourth-order valence-electron chi connectivity index (χ4n) is 2.85. The lowest BCUT2D eigenvalue weighted by molar-refractivity contribution is 0.392. The Balaban J connectivity index is 2.08. The van der Waals surface area contributed by atoms with Crippen LogP contribution in [-0.4, -0.2) is 13.7 Å². The third kappa shape index (κ3) is 4.03. The zero-order valence-electron chi connectivity index (χ0n) is 14.3. The van der Waals surface area contributed by atoms with Crippen molar-refractivity contribution in [2.75, 3.05) is 0 Å². The van der Waals surface area contributed by atoms with Gasteiger partial charge in [-0.05, 0) is 30.3 Å². The van der Waals surface area contributed by atoms with E-state index >= 15 is 0 Å². The van der Waals surface area contributed by atoms with Gasteiger partial charge >= 0.3 is 8.56 Å². The maximum Gasteiger partial charge on any atom is 0.499 e. The molecule has 0 bridgehead atoms. The summed E-state index contributed by atoms with van der Waals surface area (Å²) in [5, 5.41) is 11.3. The smallest absolute Gasteiger partial charge is 0.499 e. The van der Waals surface area contributed by atoms with Crippen molar-refractivity contribution in [2.45, 2.75) is 19.4 Å². The SMILES string of the molecule is CCC[Si](Oc1ccccc1)(Oc1ccccc1)c1ccccc1O. The van der Waals surface area contributed by atoms with E-state index in [0.717, 1.165) is 29.2 Å². The van der Waals surface area contributed by atoms with Crippen molar-refractivity contribution in [2.24, 2.45) is 0 Å². The Bertz CT molecular complexity index is 749. The summed E-state index contributed by atoms with van der Waals surface area (Å²) in [6.07, 6.45) is 0.889. The molecule has 128 valence electrons. The summed E-state index contributed by atoms with van der Waals surface area (Å²) in [5.74, 6) is 1.72. The average Bonchev–Trinajstić information content (AvgIpc) is 2.64. The van der Waals surface area contributed by atoms with E-state index in [1.807, 2.05) is 78.9 Å². The topological polar surface area (TPSA) is 38.7 Å². The Kier molecular flexibility index (Phi) is 5.41. The Morgan fingerprint density at radius 2 is 1.20 bits per heavy atom. The Hall–Kier alpha value is -2.72. The molecule has 0 saturated carbocycles. The van der Waals surface area contributed by atoms with E-state index in [0.29, 0.717) is 0 Å². The van der Waals surface area contributed by atoms with Gasteiger partial charge in [0.2, 0.25) is 0 Å². The molecule has 4 heteroatoms. The molecule has 3 rings (SSSR count). The van der Waals surface area contributed by atoms with Crippen LogP contribution in [0.5, 0.6) is 17.2 Å². The number of hydrogen-bond donors (Lipinski definition) is 1. The van der Waals surface area contributed by atoms with Crippen LogP contribution in [0, 0.1) is 0 Å². The van der Waals surface area contributed by atoms with E-state index in [1.54, 1.807) is 6.07 Å². The van der Waals surface area contributed by atoms with E-state index in [-0.39, 0.29) is 5.75 Å². The Morgan fingerprint density at radius 1 is 0.720 bits per heavy atom. The quantitative estimate of drug-likeness (QED) is 0.633. The minimum absolute atomic E-state index is 0.217. The van der Waals surface area contributed by atoms with E-state index in [2.05, 4.69) is 6.92 Å². The number of benzene rings is 3. The van der Waals surface area contributed by atoms with Gasteiger partial charge < -0.3 is 14.0 Å². The molecule has 0 fully saturated rings. The van der Waals surface area contributed by atoms with Crippen molar-refractivity contribution < 1.29 is 14.0 Å². The van der Waals surface area contributed by atoms with Gasteiger partial charge in [-0.15, -0.1) is 0 Å². The van der Waals surface area contributed by atoms with Gasteiger partial charge in [-0.1, -0.05) is 67.9 Å². The maximum atomic E-state index is 10.5. The van der Waals surface area contributed by atoms with Gasteiger partial charge in [0.15, 0.2) is 0 Å². The molecule has 3 aromatic rings. The fraction of sp³-hybridized carbons (Fsp3) is 0.143. The van der Waals surface area contributed by atoms with Crippen molar-refractivity contribution >= 4 is 13.7 Å². The predicted octanol–water partition coefficient (Wildman–Crippen LogP) is 4.61. The van der Waals surface area contributed by atoms with Gasteiger partial charge in [-0.25, -0.2) is 0 Å². The van der Waals surface area contributed by atoms with Gasteiger partial charge in [-0.2, -0.15) is 0 Å². The summed E-state index contributed by atoms with van der Waals surface area (Å²) >= 11 is 0. The molecule has 0 amide bonds. The van der Waals surface area contributed by atoms with Crippen LogP contribution in [0.2, 0.25) is 6.04 Å². The molecule has 0 saturated heterocycles. The molecule has 0 aliphatic carbocycles. The van der Waals surface area contributed by atoms with Crippen LogP contribution in [0.15, 0.2) is 84.9 Å². The average molecular weight is 350 g/mol. The van der Waals surface area contributed by atoms with Crippen LogP contribution in [0.1, 0.15) is 13.3 Å².